The number of amides is 1. The molecule has 0 heterocycles. The maximum atomic E-state index is 13.9. The fourth-order valence-electron chi connectivity index (χ4n) is 2.57. The lowest BCUT2D eigenvalue weighted by Gasteiger charge is -2.11. The van der Waals surface area contributed by atoms with Crippen LogP contribution in [0.5, 0.6) is 5.75 Å². The highest BCUT2D eigenvalue weighted by atomic mass is 35.5. The molecule has 0 radical (unpaired) electrons. The molecule has 0 aliphatic rings. The van der Waals surface area contributed by atoms with Gasteiger partial charge in [-0.2, -0.15) is 10.4 Å². The Morgan fingerprint density at radius 1 is 1.03 bits per heavy atom. The van der Waals surface area contributed by atoms with Gasteiger partial charge in [0.15, 0.2) is 5.75 Å². The number of carbonyl (C=O) groups excluding carboxylic acids is 1. The van der Waals surface area contributed by atoms with Crippen molar-refractivity contribution < 1.29 is 13.9 Å². The summed E-state index contributed by atoms with van der Waals surface area (Å²) in [4.78, 5) is 12.1. The lowest BCUT2D eigenvalue weighted by Crippen LogP contribution is -2.19. The fraction of sp³-hybridized carbons (Fsp3) is 0.0455. The molecule has 0 aromatic heterocycles. The number of halogens is 5. The minimum atomic E-state index is -0.827. The number of ether oxygens (including phenoxy) is 1. The smallest absolute Gasteiger partial charge is 0.274 e. The predicted molar refractivity (Wildman–Crippen MR) is 123 cm³/mol. The first-order valence-corrected chi connectivity index (χ1v) is 10.4. The summed E-state index contributed by atoms with van der Waals surface area (Å²) in [6, 6.07) is 13.5. The van der Waals surface area contributed by atoms with Gasteiger partial charge in [-0.1, -0.05) is 52.5 Å². The van der Waals surface area contributed by atoms with E-state index in [1.54, 1.807) is 24.3 Å². The van der Waals surface area contributed by atoms with E-state index in [2.05, 4.69) is 10.5 Å². The second-order valence-corrected chi connectivity index (χ2v) is 7.99. The molecule has 32 heavy (non-hydrogen) atoms. The second kappa shape index (κ2) is 10.7. The summed E-state index contributed by atoms with van der Waals surface area (Å²) in [5.41, 5.74) is 3.31. The van der Waals surface area contributed by atoms with Gasteiger partial charge in [0.1, 0.15) is 12.4 Å². The third kappa shape index (κ3) is 5.90. The standard InChI is InChI=1S/C22H12Cl4FN3O2/c23-16-4-2-13(5-17(16)24)11-32-21-18(25)6-14(7-19(21)26)10-29-30-22(31)15-3-1-12(9-28)8-20(15)27/h1-8,10H,11H2,(H,30,31)/b29-10-. The fourth-order valence-corrected chi connectivity index (χ4v) is 3.51. The number of nitrogens with one attached hydrogen (secondary N) is 1. The van der Waals surface area contributed by atoms with Gasteiger partial charge in [-0.15, -0.1) is 0 Å². The Hall–Kier alpha value is -2.82. The summed E-state index contributed by atoms with van der Waals surface area (Å²) in [6.45, 7) is 0.163. The molecule has 0 fully saturated rings. The van der Waals surface area contributed by atoms with Crippen LogP contribution in [0, 0.1) is 17.1 Å². The van der Waals surface area contributed by atoms with Crippen molar-refractivity contribution in [3.63, 3.8) is 0 Å². The normalized spacial score (nSPS) is 10.8. The topological polar surface area (TPSA) is 74.5 Å². The van der Waals surface area contributed by atoms with Gasteiger partial charge < -0.3 is 4.74 Å². The van der Waals surface area contributed by atoms with E-state index in [1.807, 2.05) is 0 Å². The molecule has 10 heteroatoms. The highest BCUT2D eigenvalue weighted by Gasteiger charge is 2.13. The molecule has 0 bridgehead atoms. The molecule has 0 saturated heterocycles. The maximum absolute atomic E-state index is 13.9. The van der Waals surface area contributed by atoms with Crippen molar-refractivity contribution in [3.05, 3.63) is 96.7 Å². The highest BCUT2D eigenvalue weighted by molar-refractivity contribution is 6.42. The van der Waals surface area contributed by atoms with Crippen molar-refractivity contribution in [2.45, 2.75) is 6.61 Å². The van der Waals surface area contributed by atoms with Crippen molar-refractivity contribution in [1.29, 1.82) is 5.26 Å². The zero-order valence-electron chi connectivity index (χ0n) is 16.0. The monoisotopic (exact) mass is 509 g/mol. The third-order valence-electron chi connectivity index (χ3n) is 4.11. The van der Waals surface area contributed by atoms with E-state index < -0.39 is 11.7 Å². The Kier molecular flexibility index (Phi) is 7.94. The molecular weight excluding hydrogens is 499 g/mol. The molecule has 1 amide bonds. The van der Waals surface area contributed by atoms with Crippen LogP contribution in [0.3, 0.4) is 0 Å². The van der Waals surface area contributed by atoms with Crippen LogP contribution < -0.4 is 10.2 Å². The molecule has 0 aliphatic heterocycles. The Morgan fingerprint density at radius 3 is 2.38 bits per heavy atom. The van der Waals surface area contributed by atoms with Gasteiger partial charge in [0.05, 0.1) is 43.5 Å². The van der Waals surface area contributed by atoms with Gasteiger partial charge in [-0.3, -0.25) is 4.79 Å². The van der Waals surface area contributed by atoms with Gasteiger partial charge in [0.2, 0.25) is 0 Å². The van der Waals surface area contributed by atoms with Crippen LogP contribution >= 0.6 is 46.4 Å². The quantitative estimate of drug-likeness (QED) is 0.298. The highest BCUT2D eigenvalue weighted by Crippen LogP contribution is 2.34. The summed E-state index contributed by atoms with van der Waals surface area (Å²) in [7, 11) is 0. The Bertz CT molecular complexity index is 1240. The van der Waals surface area contributed by atoms with E-state index >= 15 is 0 Å². The van der Waals surface area contributed by atoms with Crippen LogP contribution in [0.25, 0.3) is 0 Å². The van der Waals surface area contributed by atoms with Crippen LogP contribution in [0.1, 0.15) is 27.0 Å². The van der Waals surface area contributed by atoms with Gasteiger partial charge in [-0.25, -0.2) is 9.82 Å². The zero-order valence-corrected chi connectivity index (χ0v) is 19.0. The molecule has 0 aliphatic carbocycles. The lowest BCUT2D eigenvalue weighted by molar-refractivity contribution is 0.0951. The molecule has 3 aromatic rings. The summed E-state index contributed by atoms with van der Waals surface area (Å²) in [5, 5.41) is 13.8. The van der Waals surface area contributed by atoms with Crippen molar-refractivity contribution >= 4 is 58.5 Å². The van der Waals surface area contributed by atoms with Crippen molar-refractivity contribution in [3.8, 4) is 11.8 Å². The molecule has 0 saturated carbocycles. The van der Waals surface area contributed by atoms with Gasteiger partial charge in [0, 0.05) is 0 Å². The molecule has 162 valence electrons. The molecule has 0 unspecified atom stereocenters. The number of carbonyl (C=O) groups is 1. The SMILES string of the molecule is N#Cc1ccc(C(=O)N/N=C\c2cc(Cl)c(OCc3ccc(Cl)c(Cl)c3)c(Cl)c2)c(F)c1. The first kappa shape index (κ1) is 23.8. The number of benzene rings is 3. The number of hydrazone groups is 1. The molecule has 1 N–H and O–H groups in total. The predicted octanol–water partition coefficient (Wildman–Crippen LogP) is 6.65. The second-order valence-electron chi connectivity index (χ2n) is 6.36. The maximum Gasteiger partial charge on any atom is 0.274 e. The summed E-state index contributed by atoms with van der Waals surface area (Å²) >= 11 is 24.4. The van der Waals surface area contributed by atoms with Gasteiger partial charge in [0.25, 0.3) is 5.91 Å². The van der Waals surface area contributed by atoms with Gasteiger partial charge >= 0.3 is 0 Å². The summed E-state index contributed by atoms with van der Waals surface area (Å²) < 4.78 is 19.6. The molecule has 3 rings (SSSR count). The zero-order chi connectivity index (χ0) is 23.3. The number of nitrogens with zero attached hydrogens (tertiary/aromatic N) is 2. The number of rotatable bonds is 6. The Balaban J connectivity index is 1.66. The van der Waals surface area contributed by atoms with Crippen molar-refractivity contribution in [2.75, 3.05) is 0 Å². The van der Waals surface area contributed by atoms with E-state index in [9.17, 15) is 9.18 Å². The Labute approximate surface area is 202 Å². The summed E-state index contributed by atoms with van der Waals surface area (Å²) in [6.07, 6.45) is 1.29. The Morgan fingerprint density at radius 2 is 1.75 bits per heavy atom. The minimum Gasteiger partial charge on any atom is -0.486 e. The lowest BCUT2D eigenvalue weighted by atomic mass is 10.1. The van der Waals surface area contributed by atoms with Crippen molar-refractivity contribution in [1.82, 2.24) is 5.43 Å². The van der Waals surface area contributed by atoms with Crippen molar-refractivity contribution in [2.24, 2.45) is 5.10 Å². The van der Waals surface area contributed by atoms with Gasteiger partial charge in [-0.05, 0) is 53.6 Å². The van der Waals surface area contributed by atoms with E-state index in [0.717, 1.165) is 11.6 Å². The van der Waals surface area contributed by atoms with E-state index in [0.29, 0.717) is 15.6 Å². The minimum absolute atomic E-state index is 0.105. The first-order chi connectivity index (χ1) is 15.3. The molecule has 3 aromatic carbocycles. The van der Waals surface area contributed by atoms with E-state index in [4.69, 9.17) is 56.4 Å². The molecular formula is C22H12Cl4FN3O2. The van der Waals surface area contributed by atoms with Crippen LogP contribution in [-0.2, 0) is 6.61 Å². The molecule has 5 nitrogen and oxygen atoms in total. The molecule has 0 atom stereocenters. The van der Waals surface area contributed by atoms with Crippen LogP contribution in [0.15, 0.2) is 53.6 Å². The number of hydrogen-bond acceptors (Lipinski definition) is 4. The average molecular weight is 511 g/mol. The largest absolute Gasteiger partial charge is 0.486 e. The van der Waals surface area contributed by atoms with Crippen LogP contribution in [-0.4, -0.2) is 12.1 Å². The number of hydrogen-bond donors (Lipinski definition) is 1. The van der Waals surface area contributed by atoms with Crippen LogP contribution in [0.2, 0.25) is 20.1 Å². The first-order valence-electron chi connectivity index (χ1n) is 8.87. The third-order valence-corrected chi connectivity index (χ3v) is 5.41. The molecule has 0 spiro atoms. The van der Waals surface area contributed by atoms with E-state index in [1.165, 1.54) is 30.5 Å². The summed E-state index contributed by atoms with van der Waals surface area (Å²) in [5.74, 6) is -1.34. The van der Waals surface area contributed by atoms with E-state index in [-0.39, 0.29) is 33.5 Å². The number of nitriles is 1. The average Bonchev–Trinajstić information content (AvgIpc) is 2.75. The van der Waals surface area contributed by atoms with Crippen LogP contribution in [0.4, 0.5) is 4.39 Å².